The van der Waals surface area contributed by atoms with E-state index >= 15 is 0 Å². The molecule has 1 atom stereocenters. The fourth-order valence-electron chi connectivity index (χ4n) is 3.79. The molecule has 2 heterocycles. The minimum Gasteiger partial charge on any atom is -0.353 e. The van der Waals surface area contributed by atoms with Crippen molar-refractivity contribution >= 4 is 17.5 Å². The lowest BCUT2D eigenvalue weighted by molar-refractivity contribution is -0.127. The van der Waals surface area contributed by atoms with Gasteiger partial charge in [-0.15, -0.1) is 0 Å². The molecule has 2 fully saturated rings. The first kappa shape index (κ1) is 17.9. The summed E-state index contributed by atoms with van der Waals surface area (Å²) in [4.78, 5) is 29.1. The second kappa shape index (κ2) is 8.00. The van der Waals surface area contributed by atoms with Crippen LogP contribution in [0.3, 0.4) is 0 Å². The molecular weight excluding hydrogens is 314 g/mol. The molecule has 1 aromatic carbocycles. The van der Waals surface area contributed by atoms with Gasteiger partial charge in [0.25, 0.3) is 0 Å². The van der Waals surface area contributed by atoms with Crippen molar-refractivity contribution < 1.29 is 9.59 Å². The van der Waals surface area contributed by atoms with Gasteiger partial charge in [-0.3, -0.25) is 9.59 Å². The van der Waals surface area contributed by atoms with Crippen molar-refractivity contribution in [3.8, 4) is 0 Å². The van der Waals surface area contributed by atoms with E-state index in [1.54, 1.807) is 4.90 Å². The molecule has 5 nitrogen and oxygen atoms in total. The van der Waals surface area contributed by atoms with Crippen molar-refractivity contribution in [3.05, 3.63) is 29.8 Å². The van der Waals surface area contributed by atoms with Gasteiger partial charge < -0.3 is 15.1 Å². The summed E-state index contributed by atoms with van der Waals surface area (Å²) in [7, 11) is 0. The number of anilines is 1. The predicted octanol–water partition coefficient (Wildman–Crippen LogP) is 2.34. The Bertz CT molecular complexity index is 606. The van der Waals surface area contributed by atoms with Gasteiger partial charge in [0.05, 0.1) is 5.92 Å². The van der Waals surface area contributed by atoms with Gasteiger partial charge >= 0.3 is 0 Å². The van der Waals surface area contributed by atoms with Crippen LogP contribution in [0.4, 0.5) is 5.69 Å². The molecule has 1 aromatic rings. The van der Waals surface area contributed by atoms with Crippen LogP contribution < -0.4 is 10.2 Å². The van der Waals surface area contributed by atoms with Crippen LogP contribution in [0.15, 0.2) is 24.3 Å². The van der Waals surface area contributed by atoms with Crippen LogP contribution in [-0.2, 0) is 9.59 Å². The van der Waals surface area contributed by atoms with E-state index in [2.05, 4.69) is 17.1 Å². The molecule has 2 amide bonds. The fourth-order valence-corrected chi connectivity index (χ4v) is 3.79. The average molecular weight is 343 g/mol. The fraction of sp³-hybridized carbons (Fsp3) is 0.600. The topological polar surface area (TPSA) is 52.7 Å². The highest BCUT2D eigenvalue weighted by molar-refractivity contribution is 6.00. The summed E-state index contributed by atoms with van der Waals surface area (Å²) in [6.45, 7) is 7.96. The van der Waals surface area contributed by atoms with E-state index in [0.717, 1.165) is 38.2 Å². The van der Waals surface area contributed by atoms with Crippen molar-refractivity contribution in [2.24, 2.45) is 5.92 Å². The van der Waals surface area contributed by atoms with E-state index in [1.165, 1.54) is 12.0 Å². The number of hydrogen-bond acceptors (Lipinski definition) is 3. The maximum Gasteiger partial charge on any atom is 0.227 e. The SMILES string of the molecule is CCCN1CCC(NC(=O)C2CC(=O)N(c3ccc(C)cc3)C2)CC1. The molecule has 2 aliphatic heterocycles. The number of likely N-dealkylation sites (tertiary alicyclic amines) is 1. The zero-order valence-corrected chi connectivity index (χ0v) is 15.3. The number of aryl methyl sites for hydroxylation is 1. The maximum atomic E-state index is 12.6. The van der Waals surface area contributed by atoms with Crippen molar-refractivity contribution in [1.29, 1.82) is 0 Å². The molecule has 1 N–H and O–H groups in total. The van der Waals surface area contributed by atoms with Gasteiger partial charge in [0.1, 0.15) is 0 Å². The van der Waals surface area contributed by atoms with Gasteiger partial charge in [0, 0.05) is 37.8 Å². The molecule has 0 radical (unpaired) electrons. The Labute approximate surface area is 150 Å². The first-order valence-corrected chi connectivity index (χ1v) is 9.46. The summed E-state index contributed by atoms with van der Waals surface area (Å²) in [5.41, 5.74) is 2.05. The first-order chi connectivity index (χ1) is 12.1. The molecule has 0 spiro atoms. The summed E-state index contributed by atoms with van der Waals surface area (Å²) in [5, 5.41) is 3.18. The largest absolute Gasteiger partial charge is 0.353 e. The first-order valence-electron chi connectivity index (χ1n) is 9.46. The number of nitrogens with one attached hydrogen (secondary N) is 1. The molecule has 0 bridgehead atoms. The van der Waals surface area contributed by atoms with Crippen molar-refractivity contribution in [1.82, 2.24) is 10.2 Å². The highest BCUT2D eigenvalue weighted by atomic mass is 16.2. The number of carbonyl (C=O) groups is 2. The van der Waals surface area contributed by atoms with Crippen LogP contribution in [0.1, 0.15) is 38.2 Å². The molecule has 25 heavy (non-hydrogen) atoms. The Kier molecular flexibility index (Phi) is 5.74. The molecule has 2 aliphatic rings. The van der Waals surface area contributed by atoms with Crippen LogP contribution in [0.2, 0.25) is 0 Å². The van der Waals surface area contributed by atoms with Crippen LogP contribution >= 0.6 is 0 Å². The summed E-state index contributed by atoms with van der Waals surface area (Å²) >= 11 is 0. The minimum atomic E-state index is -0.234. The van der Waals surface area contributed by atoms with Gasteiger partial charge in [-0.25, -0.2) is 0 Å². The molecule has 1 unspecified atom stereocenters. The van der Waals surface area contributed by atoms with E-state index in [9.17, 15) is 9.59 Å². The zero-order chi connectivity index (χ0) is 17.8. The molecule has 5 heteroatoms. The Morgan fingerprint density at radius 3 is 2.52 bits per heavy atom. The lowest BCUT2D eigenvalue weighted by Gasteiger charge is -2.32. The number of nitrogens with zero attached hydrogens (tertiary/aromatic N) is 2. The Morgan fingerprint density at radius 2 is 1.88 bits per heavy atom. The summed E-state index contributed by atoms with van der Waals surface area (Å²) < 4.78 is 0. The van der Waals surface area contributed by atoms with Crippen LogP contribution in [0, 0.1) is 12.8 Å². The number of amides is 2. The van der Waals surface area contributed by atoms with E-state index in [4.69, 9.17) is 0 Å². The zero-order valence-electron chi connectivity index (χ0n) is 15.3. The van der Waals surface area contributed by atoms with Gasteiger partial charge in [0.2, 0.25) is 11.8 Å². The lowest BCUT2D eigenvalue weighted by atomic mass is 10.0. The van der Waals surface area contributed by atoms with E-state index in [1.807, 2.05) is 31.2 Å². The quantitative estimate of drug-likeness (QED) is 0.893. The summed E-state index contributed by atoms with van der Waals surface area (Å²) in [6.07, 6.45) is 3.51. The lowest BCUT2D eigenvalue weighted by Crippen LogP contribution is -2.46. The molecule has 3 rings (SSSR count). The Hall–Kier alpha value is -1.88. The average Bonchev–Trinajstić information content (AvgIpc) is 3.00. The highest BCUT2D eigenvalue weighted by Gasteiger charge is 2.36. The Morgan fingerprint density at radius 1 is 1.20 bits per heavy atom. The van der Waals surface area contributed by atoms with Crippen LogP contribution in [-0.4, -0.2) is 48.9 Å². The van der Waals surface area contributed by atoms with Crippen LogP contribution in [0.5, 0.6) is 0 Å². The third kappa shape index (κ3) is 4.40. The van der Waals surface area contributed by atoms with Gasteiger partial charge in [-0.2, -0.15) is 0 Å². The van der Waals surface area contributed by atoms with E-state index in [0.29, 0.717) is 13.0 Å². The monoisotopic (exact) mass is 343 g/mol. The highest BCUT2D eigenvalue weighted by Crippen LogP contribution is 2.26. The number of hydrogen-bond donors (Lipinski definition) is 1. The van der Waals surface area contributed by atoms with Crippen molar-refractivity contribution in [2.45, 2.75) is 45.6 Å². The van der Waals surface area contributed by atoms with Gasteiger partial charge in [-0.1, -0.05) is 24.6 Å². The molecular formula is C20H29N3O2. The third-order valence-corrected chi connectivity index (χ3v) is 5.32. The summed E-state index contributed by atoms with van der Waals surface area (Å²) in [6, 6.07) is 8.16. The molecule has 2 saturated heterocycles. The second-order valence-electron chi connectivity index (χ2n) is 7.37. The number of carbonyl (C=O) groups excluding carboxylic acids is 2. The van der Waals surface area contributed by atoms with Gasteiger partial charge in [-0.05, 0) is 44.9 Å². The van der Waals surface area contributed by atoms with E-state index in [-0.39, 0.29) is 23.8 Å². The summed E-state index contributed by atoms with van der Waals surface area (Å²) in [5.74, 6) is -0.152. The Balaban J connectivity index is 1.52. The van der Waals surface area contributed by atoms with Crippen LogP contribution in [0.25, 0.3) is 0 Å². The second-order valence-corrected chi connectivity index (χ2v) is 7.37. The predicted molar refractivity (Wildman–Crippen MR) is 99.5 cm³/mol. The maximum absolute atomic E-state index is 12.6. The standard InChI is InChI=1S/C20H29N3O2/c1-3-10-22-11-8-17(9-12-22)21-20(25)16-13-19(24)23(14-16)18-6-4-15(2)5-7-18/h4-7,16-17H,3,8-14H2,1-2H3,(H,21,25). The normalized spacial score (nSPS) is 22.4. The van der Waals surface area contributed by atoms with Gasteiger partial charge in [0.15, 0.2) is 0 Å². The van der Waals surface area contributed by atoms with Crippen molar-refractivity contribution in [3.63, 3.8) is 0 Å². The molecule has 0 aliphatic carbocycles. The third-order valence-electron chi connectivity index (χ3n) is 5.32. The number of rotatable bonds is 5. The minimum absolute atomic E-state index is 0.0388. The smallest absolute Gasteiger partial charge is 0.227 e. The molecule has 136 valence electrons. The number of benzene rings is 1. The van der Waals surface area contributed by atoms with Crippen molar-refractivity contribution in [2.75, 3.05) is 31.1 Å². The molecule has 0 aromatic heterocycles. The number of piperidine rings is 1. The molecule has 0 saturated carbocycles. The van der Waals surface area contributed by atoms with E-state index < -0.39 is 0 Å².